The fraction of sp³-hybridized carbons (Fsp3) is 0.545. The molecule has 0 saturated carbocycles. The molecule has 1 amide bonds. The number of fused-ring (bicyclic) bond motifs is 1. The standard InChI is InChI=1S/C22H28N2O5.ClH/c1-2-15-9-21(27)29-19-10-17(3-4-18(15)19)28-13-20(26)24-12-16(25)11-22(14-24)5-7-23-8-6-22;/h3-4,9-10,16,23,25H,2,5-8,11-14H2,1H3;1H. The number of rotatable bonds is 4. The van der Waals surface area contributed by atoms with Crippen molar-refractivity contribution in [2.75, 3.05) is 32.8 Å². The second-order valence-corrected chi connectivity index (χ2v) is 8.27. The summed E-state index contributed by atoms with van der Waals surface area (Å²) in [4.78, 5) is 26.2. The van der Waals surface area contributed by atoms with E-state index in [4.69, 9.17) is 9.15 Å². The fourth-order valence-electron chi connectivity index (χ4n) is 4.69. The normalized spacial score (nSPS) is 20.7. The van der Waals surface area contributed by atoms with Crippen molar-refractivity contribution in [3.63, 3.8) is 0 Å². The largest absolute Gasteiger partial charge is 0.484 e. The zero-order valence-electron chi connectivity index (χ0n) is 17.2. The van der Waals surface area contributed by atoms with Crippen molar-refractivity contribution in [1.29, 1.82) is 0 Å². The monoisotopic (exact) mass is 436 g/mol. The first kappa shape index (κ1) is 22.6. The van der Waals surface area contributed by atoms with Gasteiger partial charge < -0.3 is 24.5 Å². The summed E-state index contributed by atoms with van der Waals surface area (Å²) < 4.78 is 11.0. The van der Waals surface area contributed by atoms with Gasteiger partial charge in [0, 0.05) is 30.6 Å². The third kappa shape index (κ3) is 4.79. The van der Waals surface area contributed by atoms with Crippen LogP contribution in [-0.4, -0.2) is 54.8 Å². The highest BCUT2D eigenvalue weighted by atomic mass is 35.5. The van der Waals surface area contributed by atoms with Crippen molar-refractivity contribution in [2.45, 2.75) is 38.7 Å². The van der Waals surface area contributed by atoms with E-state index in [2.05, 4.69) is 5.32 Å². The van der Waals surface area contributed by atoms with E-state index in [-0.39, 0.29) is 30.3 Å². The Bertz CT molecular complexity index is 954. The molecule has 0 aliphatic carbocycles. The van der Waals surface area contributed by atoms with Crippen LogP contribution < -0.4 is 15.7 Å². The molecule has 164 valence electrons. The Morgan fingerprint density at radius 1 is 1.33 bits per heavy atom. The van der Waals surface area contributed by atoms with Crippen LogP contribution in [0.15, 0.2) is 33.5 Å². The lowest BCUT2D eigenvalue weighted by molar-refractivity contribution is -0.141. The summed E-state index contributed by atoms with van der Waals surface area (Å²) in [6.07, 6.45) is 2.93. The lowest BCUT2D eigenvalue weighted by Gasteiger charge is -2.47. The quantitative estimate of drug-likeness (QED) is 0.713. The fourth-order valence-corrected chi connectivity index (χ4v) is 4.69. The number of β-amino-alcohol motifs (C(OH)–C–C–N with tert-alkyl or cyclic N) is 1. The van der Waals surface area contributed by atoms with Gasteiger partial charge in [-0.2, -0.15) is 0 Å². The van der Waals surface area contributed by atoms with Crippen molar-refractivity contribution in [2.24, 2.45) is 5.41 Å². The second-order valence-electron chi connectivity index (χ2n) is 8.27. The summed E-state index contributed by atoms with van der Waals surface area (Å²) in [5, 5.41) is 14.5. The van der Waals surface area contributed by atoms with Gasteiger partial charge in [0.1, 0.15) is 11.3 Å². The van der Waals surface area contributed by atoms with Gasteiger partial charge in [-0.15, -0.1) is 12.4 Å². The average Bonchev–Trinajstić information content (AvgIpc) is 2.71. The Kier molecular flexibility index (Phi) is 7.06. The Hall–Kier alpha value is -2.09. The van der Waals surface area contributed by atoms with Crippen LogP contribution >= 0.6 is 12.4 Å². The first-order valence-electron chi connectivity index (χ1n) is 10.3. The number of ether oxygens (including phenoxy) is 1. The van der Waals surface area contributed by atoms with Crippen molar-refractivity contribution >= 4 is 29.3 Å². The maximum Gasteiger partial charge on any atom is 0.336 e. The molecule has 2 saturated heterocycles. The zero-order chi connectivity index (χ0) is 20.4. The molecule has 7 nitrogen and oxygen atoms in total. The highest BCUT2D eigenvalue weighted by Gasteiger charge is 2.41. The number of likely N-dealkylation sites (tertiary alicyclic amines) is 1. The van der Waals surface area contributed by atoms with Gasteiger partial charge >= 0.3 is 5.63 Å². The summed E-state index contributed by atoms with van der Waals surface area (Å²) in [6.45, 7) is 4.74. The molecule has 2 aliphatic rings. The van der Waals surface area contributed by atoms with E-state index in [1.54, 1.807) is 17.0 Å². The van der Waals surface area contributed by atoms with Crippen LogP contribution in [0, 0.1) is 5.41 Å². The number of aliphatic hydroxyl groups excluding tert-OH is 1. The second kappa shape index (κ2) is 9.37. The molecule has 2 aliphatic heterocycles. The molecular weight excluding hydrogens is 408 g/mol. The molecule has 30 heavy (non-hydrogen) atoms. The molecule has 1 unspecified atom stereocenters. The van der Waals surface area contributed by atoms with Crippen LogP contribution in [0.4, 0.5) is 0 Å². The van der Waals surface area contributed by atoms with Crippen LogP contribution in [0.1, 0.15) is 31.7 Å². The Morgan fingerprint density at radius 2 is 2.10 bits per heavy atom. The number of halogens is 1. The molecule has 1 aromatic carbocycles. The number of hydrogen-bond donors (Lipinski definition) is 2. The number of benzene rings is 1. The lowest BCUT2D eigenvalue weighted by atomic mass is 9.72. The van der Waals surface area contributed by atoms with Crippen LogP contribution in [0.5, 0.6) is 5.75 Å². The highest BCUT2D eigenvalue weighted by molar-refractivity contribution is 5.85. The van der Waals surface area contributed by atoms with Crippen LogP contribution in [0.2, 0.25) is 0 Å². The van der Waals surface area contributed by atoms with Gasteiger partial charge in [-0.05, 0) is 61.9 Å². The van der Waals surface area contributed by atoms with E-state index in [0.717, 1.165) is 49.7 Å². The minimum absolute atomic E-state index is 0. The number of nitrogens with one attached hydrogen (secondary N) is 1. The minimum atomic E-state index is -0.492. The summed E-state index contributed by atoms with van der Waals surface area (Å²) in [6, 6.07) is 6.80. The molecule has 2 N–H and O–H groups in total. The number of nitrogens with zero attached hydrogens (tertiary/aromatic N) is 1. The third-order valence-corrected chi connectivity index (χ3v) is 6.19. The van der Waals surface area contributed by atoms with E-state index < -0.39 is 11.7 Å². The molecule has 1 spiro atoms. The first-order valence-corrected chi connectivity index (χ1v) is 10.3. The van der Waals surface area contributed by atoms with Crippen molar-refractivity contribution in [3.8, 4) is 5.75 Å². The minimum Gasteiger partial charge on any atom is -0.484 e. The predicted octanol–water partition coefficient (Wildman–Crippen LogP) is 2.12. The molecule has 2 fully saturated rings. The van der Waals surface area contributed by atoms with E-state index >= 15 is 0 Å². The van der Waals surface area contributed by atoms with E-state index in [1.165, 1.54) is 6.07 Å². The van der Waals surface area contributed by atoms with Gasteiger partial charge in [0.05, 0.1) is 6.10 Å². The van der Waals surface area contributed by atoms with Crippen LogP contribution in [-0.2, 0) is 11.2 Å². The molecule has 2 aromatic rings. The van der Waals surface area contributed by atoms with Crippen molar-refractivity contribution < 1.29 is 19.1 Å². The summed E-state index contributed by atoms with van der Waals surface area (Å²) in [5.74, 6) is 0.349. The molecule has 0 radical (unpaired) electrons. The van der Waals surface area contributed by atoms with Gasteiger partial charge in [0.2, 0.25) is 0 Å². The molecule has 0 bridgehead atoms. The molecule has 1 atom stereocenters. The van der Waals surface area contributed by atoms with Gasteiger partial charge in [-0.3, -0.25) is 4.79 Å². The highest BCUT2D eigenvalue weighted by Crippen LogP contribution is 2.38. The summed E-state index contributed by atoms with van der Waals surface area (Å²) in [5.41, 5.74) is 0.994. The molecule has 3 heterocycles. The molecule has 4 rings (SSSR count). The maximum atomic E-state index is 12.8. The number of hydrogen-bond acceptors (Lipinski definition) is 6. The van der Waals surface area contributed by atoms with Crippen molar-refractivity contribution in [1.82, 2.24) is 10.2 Å². The van der Waals surface area contributed by atoms with E-state index in [9.17, 15) is 14.7 Å². The van der Waals surface area contributed by atoms with E-state index in [1.807, 2.05) is 13.0 Å². The van der Waals surface area contributed by atoms with Crippen LogP contribution in [0.3, 0.4) is 0 Å². The van der Waals surface area contributed by atoms with Gasteiger partial charge in [0.25, 0.3) is 5.91 Å². The van der Waals surface area contributed by atoms with E-state index in [0.29, 0.717) is 24.4 Å². The van der Waals surface area contributed by atoms with Crippen LogP contribution in [0.25, 0.3) is 11.0 Å². The topological polar surface area (TPSA) is 92.0 Å². The maximum absolute atomic E-state index is 12.8. The van der Waals surface area contributed by atoms with Gasteiger partial charge in [-0.25, -0.2) is 4.79 Å². The Labute approximate surface area is 181 Å². The molecular formula is C22H29ClN2O5. The Morgan fingerprint density at radius 3 is 2.83 bits per heavy atom. The summed E-state index contributed by atoms with van der Waals surface area (Å²) >= 11 is 0. The number of aryl methyl sites for hydroxylation is 1. The lowest BCUT2D eigenvalue weighted by Crippen LogP contribution is -2.55. The number of amides is 1. The molecule has 1 aromatic heterocycles. The zero-order valence-corrected chi connectivity index (χ0v) is 18.0. The number of carbonyl (C=O) groups is 1. The van der Waals surface area contributed by atoms with Gasteiger partial charge in [0.15, 0.2) is 6.61 Å². The predicted molar refractivity (Wildman–Crippen MR) is 116 cm³/mol. The number of piperidine rings is 2. The SMILES string of the molecule is CCc1cc(=O)oc2cc(OCC(=O)N3CC(O)CC4(CCNCC4)C3)ccc12.Cl. The first-order chi connectivity index (χ1) is 14.0. The van der Waals surface area contributed by atoms with Gasteiger partial charge in [-0.1, -0.05) is 6.92 Å². The number of carbonyl (C=O) groups excluding carboxylic acids is 1. The smallest absolute Gasteiger partial charge is 0.336 e. The van der Waals surface area contributed by atoms with Crippen molar-refractivity contribution in [3.05, 3.63) is 40.2 Å². The summed E-state index contributed by atoms with van der Waals surface area (Å²) in [7, 11) is 0. The Balaban J connectivity index is 0.00000256. The number of aliphatic hydroxyl groups is 1. The average molecular weight is 437 g/mol. The third-order valence-electron chi connectivity index (χ3n) is 6.19. The molecule has 8 heteroatoms.